The van der Waals surface area contributed by atoms with Gasteiger partial charge in [0.05, 0.1) is 161 Å². The van der Waals surface area contributed by atoms with Crippen molar-refractivity contribution >= 4 is 76.0 Å². The zero-order valence-corrected chi connectivity index (χ0v) is 67.2. The molecule has 5 atom stereocenters. The van der Waals surface area contributed by atoms with Crippen LogP contribution in [0.25, 0.3) is 22.3 Å². The van der Waals surface area contributed by atoms with E-state index in [-0.39, 0.29) is 147 Å². The quantitative estimate of drug-likeness (QED) is 0.0128. The Morgan fingerprint density at radius 2 is 1.14 bits per heavy atom. The normalized spacial score (nSPS) is 15.1. The van der Waals surface area contributed by atoms with E-state index in [1.807, 2.05) is 6.92 Å². The molecule has 0 fully saturated rings. The number of fused-ring (bicyclic) bond motifs is 5. The van der Waals surface area contributed by atoms with Crippen molar-refractivity contribution in [2.75, 3.05) is 172 Å². The third-order valence-electron chi connectivity index (χ3n) is 18.6. The fraction of sp³-hybridized carbons (Fsp3) is 0.654. The highest BCUT2D eigenvalue weighted by molar-refractivity contribution is 6.13. The number of halogens is 1. The summed E-state index contributed by atoms with van der Waals surface area (Å²) in [4.78, 5) is 161. The van der Waals surface area contributed by atoms with Crippen LogP contribution in [0, 0.1) is 11.7 Å². The number of imide groups is 1. The lowest BCUT2D eigenvalue weighted by atomic mass is 9.86. The molecule has 9 N–H and O–H groups in total. The maximum atomic E-state index is 15.7. The van der Waals surface area contributed by atoms with Crippen LogP contribution in [0.4, 0.5) is 4.39 Å². The summed E-state index contributed by atoms with van der Waals surface area (Å²) in [6.07, 6.45) is 2.72. The number of unbranched alkanes of at least 4 members (excludes halogenated alkanes) is 1. The molecule has 3 aromatic rings. The predicted octanol–water partition coefficient (Wildman–Crippen LogP) is 0.804. The number of ether oxygens (including phenoxy) is 13. The van der Waals surface area contributed by atoms with Gasteiger partial charge >= 0.3 is 11.9 Å². The van der Waals surface area contributed by atoms with Crippen LogP contribution < -0.4 is 47.5 Å². The molecule has 0 bridgehead atoms. The van der Waals surface area contributed by atoms with Crippen LogP contribution in [0.1, 0.15) is 128 Å². The second-order valence-corrected chi connectivity index (χ2v) is 27.6. The van der Waals surface area contributed by atoms with Gasteiger partial charge in [-0.3, -0.25) is 57.6 Å². The third kappa shape index (κ3) is 32.1. The molecule has 116 heavy (non-hydrogen) atoms. The van der Waals surface area contributed by atoms with Gasteiger partial charge in [-0.1, -0.05) is 27.7 Å². The van der Waals surface area contributed by atoms with Gasteiger partial charge in [0, 0.05) is 87.2 Å². The predicted molar refractivity (Wildman–Crippen MR) is 411 cm³/mol. The highest BCUT2D eigenvalue weighted by atomic mass is 19.1. The Balaban J connectivity index is 0.833. The lowest BCUT2D eigenvalue weighted by Crippen LogP contribution is -2.57. The van der Waals surface area contributed by atoms with E-state index in [9.17, 15) is 67.7 Å². The smallest absolute Gasteiger partial charge is 0.343 e. The van der Waals surface area contributed by atoms with Gasteiger partial charge in [0.15, 0.2) is 17.2 Å². The molecule has 3 aliphatic heterocycles. The molecule has 2 aromatic heterocycles. The van der Waals surface area contributed by atoms with Crippen LogP contribution >= 0.6 is 0 Å². The molecule has 0 saturated heterocycles. The number of rotatable bonds is 63. The van der Waals surface area contributed by atoms with Crippen LogP contribution in [-0.2, 0) is 135 Å². The molecule has 3 aliphatic rings. The van der Waals surface area contributed by atoms with Crippen molar-refractivity contribution in [1.29, 1.82) is 0 Å². The van der Waals surface area contributed by atoms with Gasteiger partial charge in [-0.2, -0.15) is 0 Å². The number of aliphatic hydroxyl groups is 1. The van der Waals surface area contributed by atoms with Crippen molar-refractivity contribution in [2.24, 2.45) is 5.92 Å². The molecule has 9 amide bonds. The zero-order chi connectivity index (χ0) is 84.2. The second kappa shape index (κ2) is 52.6. The molecule has 0 aliphatic carbocycles. The topological polar surface area (TPSA) is 471 Å². The first-order valence-electron chi connectivity index (χ1n) is 39.4. The van der Waals surface area contributed by atoms with E-state index in [0.717, 1.165) is 28.2 Å². The van der Waals surface area contributed by atoms with Crippen LogP contribution in [0.3, 0.4) is 0 Å². The number of nitrogens with one attached hydrogen (secondary N) is 7. The number of carboxylic acids is 1. The minimum absolute atomic E-state index is 0.00929. The maximum absolute atomic E-state index is 15.7. The molecule has 0 radical (unpaired) electrons. The van der Waals surface area contributed by atoms with Gasteiger partial charge in [-0.15, -0.1) is 0 Å². The second-order valence-electron chi connectivity index (χ2n) is 27.6. The number of carboxylic acid groups (broad SMARTS) is 1. The number of aliphatic carboxylic acids is 1. The third-order valence-corrected chi connectivity index (χ3v) is 18.6. The number of pyridine rings is 2. The molecular formula is C78H115FN10O27. The number of hydrogen-bond acceptors (Lipinski definition) is 27. The highest BCUT2D eigenvalue weighted by Gasteiger charge is 2.46. The summed E-state index contributed by atoms with van der Waals surface area (Å²) in [7, 11) is 1.62. The number of carbonyl (C=O) groups excluding carboxylic acids is 10. The summed E-state index contributed by atoms with van der Waals surface area (Å²) in [5, 5.41) is 39.7. The standard InChI is InChI=1S/C78H115FN10O27/c1-7-53-54-44-63(58(79)46-61(54)86-71-55(53)47-89-62(71)45-57-56(76(89)101)48-116-77(102)78(57,103)8-2)115-25-13-24-114-50-82-72(97)52(5)83-75(100)70(51(3)4)87-74(99)60(17-20-69(95)96)85-64(90)15-11-22-81-73(98)59(84-65(91)16-12-23-88-67(93)18-19-68(88)94)14-9-10-21-80-66(92)49-113-43-42-112-41-40-111-39-38-110-37-36-109-35-34-108-33-32-107-31-30-106-29-28-105-27-26-104-6/h18-19,44-46,51-52,59-60,70,103H,7-17,20-43,47-50H2,1-6H3,(H,80,92)(H,81,98)(H,82,97)(H,83,100)(H,84,91)(H,85,90)(H,87,99)(H,95,96)/t52-,59-,60-,70-,78-/m0/s1. The van der Waals surface area contributed by atoms with Gasteiger partial charge in [-0.05, 0) is 81.9 Å². The van der Waals surface area contributed by atoms with E-state index in [1.54, 1.807) is 40.0 Å². The van der Waals surface area contributed by atoms with Crippen molar-refractivity contribution in [3.8, 4) is 17.1 Å². The average molecular weight is 1640 g/mol. The number of methoxy groups -OCH3 is 1. The van der Waals surface area contributed by atoms with Crippen LogP contribution in [0.5, 0.6) is 5.75 Å². The first kappa shape index (κ1) is 95.8. The molecular weight excluding hydrogens is 1530 g/mol. The molecule has 0 saturated carbocycles. The van der Waals surface area contributed by atoms with Crippen molar-refractivity contribution in [1.82, 2.24) is 51.7 Å². The Hall–Kier alpha value is -9.06. The largest absolute Gasteiger partial charge is 0.490 e. The fourth-order valence-corrected chi connectivity index (χ4v) is 12.3. The van der Waals surface area contributed by atoms with Crippen molar-refractivity contribution in [2.45, 2.75) is 155 Å². The molecule has 1 aromatic carbocycles. The number of esters is 1. The number of hydrogen-bond donors (Lipinski definition) is 9. The van der Waals surface area contributed by atoms with E-state index < -0.39 is 113 Å². The first-order valence-corrected chi connectivity index (χ1v) is 39.4. The molecule has 37 nitrogen and oxygen atoms in total. The minimum Gasteiger partial charge on any atom is -0.490 e. The summed E-state index contributed by atoms with van der Waals surface area (Å²) >= 11 is 0. The summed E-state index contributed by atoms with van der Waals surface area (Å²) < 4.78 is 87.8. The van der Waals surface area contributed by atoms with Crippen LogP contribution in [0.15, 0.2) is 35.1 Å². The van der Waals surface area contributed by atoms with E-state index in [4.69, 9.17) is 66.6 Å². The monoisotopic (exact) mass is 1640 g/mol. The molecule has 646 valence electrons. The minimum atomic E-state index is -2.01. The SMILES string of the molecule is CCc1c2c(nc3cc(F)c(OCCCOCNC(=O)[C@H](C)NC(=O)[C@@H](NC(=O)[C@H](CCC(=O)O)NC(=O)CCCNC(=O)[C@H](CCCCNC(=O)COCCOCCOCCOCCOCCOCCOCCOCCOCCOC)NC(=O)CCCN4C(=O)C=CC4=O)C(C)C)cc13)-c1cc3c(c(=O)n1C2)COC(=O)[C@]3(O)CC. The number of nitrogens with zero attached hydrogens (tertiary/aromatic N) is 3. The Morgan fingerprint density at radius 1 is 0.578 bits per heavy atom. The molecule has 0 spiro atoms. The van der Waals surface area contributed by atoms with Gasteiger partial charge < -0.3 is 114 Å². The Morgan fingerprint density at radius 3 is 1.70 bits per heavy atom. The van der Waals surface area contributed by atoms with E-state index in [2.05, 4.69) is 37.2 Å². The van der Waals surface area contributed by atoms with Crippen LogP contribution in [0.2, 0.25) is 0 Å². The number of aromatic nitrogens is 2. The van der Waals surface area contributed by atoms with E-state index in [1.165, 1.54) is 17.6 Å². The van der Waals surface area contributed by atoms with E-state index >= 15 is 4.39 Å². The maximum Gasteiger partial charge on any atom is 0.343 e. The van der Waals surface area contributed by atoms with E-state index in [0.29, 0.717) is 147 Å². The lowest BCUT2D eigenvalue weighted by molar-refractivity contribution is -0.172. The Labute approximate surface area is 672 Å². The summed E-state index contributed by atoms with van der Waals surface area (Å²) in [5.74, 6) is -8.96. The fourth-order valence-electron chi connectivity index (χ4n) is 12.3. The highest BCUT2D eigenvalue weighted by Crippen LogP contribution is 2.41. The van der Waals surface area contributed by atoms with Crippen molar-refractivity contribution < 1.29 is 129 Å². The number of carbonyl (C=O) groups is 11. The molecule has 38 heteroatoms. The number of aryl methyl sites for hydroxylation is 1. The van der Waals surface area contributed by atoms with Crippen molar-refractivity contribution in [3.63, 3.8) is 0 Å². The summed E-state index contributed by atoms with van der Waals surface area (Å²) in [6.45, 7) is 15.1. The molecule has 5 heterocycles. The average Bonchev–Trinajstić information content (AvgIpc) is 1.53. The lowest BCUT2D eigenvalue weighted by Gasteiger charge is -2.31. The van der Waals surface area contributed by atoms with Gasteiger partial charge in [0.1, 0.15) is 44.1 Å². The number of amides is 9. The van der Waals surface area contributed by atoms with Gasteiger partial charge in [-0.25, -0.2) is 14.2 Å². The number of benzene rings is 1. The molecule has 0 unspecified atom stereocenters. The summed E-state index contributed by atoms with van der Waals surface area (Å²) in [5.41, 5.74) is 0.613. The van der Waals surface area contributed by atoms with Crippen LogP contribution in [-0.4, -0.2) is 286 Å². The van der Waals surface area contributed by atoms with Crippen molar-refractivity contribution in [3.05, 3.63) is 68.8 Å². The van der Waals surface area contributed by atoms with Gasteiger partial charge in [0.2, 0.25) is 41.4 Å². The Bertz CT molecular complexity index is 3790. The first-order chi connectivity index (χ1) is 55.9. The number of cyclic esters (lactones) is 1. The molecule has 6 rings (SSSR count). The van der Waals surface area contributed by atoms with Gasteiger partial charge in [0.25, 0.3) is 17.4 Å². The summed E-state index contributed by atoms with van der Waals surface area (Å²) in [6, 6.07) is -0.526. The Kier molecular flexibility index (Phi) is 43.4. The zero-order valence-electron chi connectivity index (χ0n) is 67.2.